The number of fused-ring (bicyclic) bond motifs is 1. The van der Waals surface area contributed by atoms with Gasteiger partial charge in [0.15, 0.2) is 9.84 Å². The number of nitrogens with zero attached hydrogens (tertiary/aromatic N) is 2. The van der Waals surface area contributed by atoms with Gasteiger partial charge in [0.2, 0.25) is 0 Å². The van der Waals surface area contributed by atoms with Gasteiger partial charge in [-0.3, -0.25) is 10.0 Å². The third kappa shape index (κ3) is 3.23. The van der Waals surface area contributed by atoms with Crippen LogP contribution in [0.25, 0.3) is 22.4 Å². The first-order valence-electron chi connectivity index (χ1n) is 8.96. The lowest BCUT2D eigenvalue weighted by molar-refractivity contribution is -0.163. The minimum Gasteiger partial charge on any atom is -0.399 e. The van der Waals surface area contributed by atoms with Crippen molar-refractivity contribution in [3.05, 3.63) is 42.5 Å². The van der Waals surface area contributed by atoms with E-state index in [-0.39, 0.29) is 17.9 Å². The molecule has 0 aliphatic carbocycles. The fourth-order valence-electron chi connectivity index (χ4n) is 3.41. The Morgan fingerprint density at radius 2 is 1.89 bits per heavy atom. The Morgan fingerprint density at radius 1 is 1.14 bits per heavy atom. The summed E-state index contributed by atoms with van der Waals surface area (Å²) >= 11 is 0. The molecule has 1 unspecified atom stereocenters. The summed E-state index contributed by atoms with van der Waals surface area (Å²) in [6, 6.07) is 11.6. The van der Waals surface area contributed by atoms with E-state index >= 15 is 0 Å². The van der Waals surface area contributed by atoms with Gasteiger partial charge in [0.05, 0.1) is 15.9 Å². The molecule has 4 rings (SSSR count). The number of carbonyl (C=O) groups excluding carboxylic acids is 1. The number of H-pyrrole nitrogens is 1. The van der Waals surface area contributed by atoms with Crippen molar-refractivity contribution >= 4 is 32.5 Å². The van der Waals surface area contributed by atoms with Crippen LogP contribution in [0, 0.1) is 0 Å². The molecule has 1 atom stereocenters. The first kappa shape index (κ1) is 18.5. The second-order valence-electron chi connectivity index (χ2n) is 6.88. The van der Waals surface area contributed by atoms with Gasteiger partial charge in [0.25, 0.3) is 5.91 Å². The van der Waals surface area contributed by atoms with Crippen LogP contribution in [0.15, 0.2) is 47.4 Å². The Labute approximate surface area is 161 Å². The van der Waals surface area contributed by atoms with E-state index in [2.05, 4.69) is 9.97 Å². The number of sulfone groups is 1. The predicted molar refractivity (Wildman–Crippen MR) is 104 cm³/mol. The van der Waals surface area contributed by atoms with E-state index in [1.807, 2.05) is 6.07 Å². The number of hydrogen-bond donors (Lipinski definition) is 3. The van der Waals surface area contributed by atoms with E-state index in [0.717, 1.165) is 11.0 Å². The quantitative estimate of drug-likeness (QED) is 0.457. The molecule has 0 spiro atoms. The Hall–Kier alpha value is -2.91. The van der Waals surface area contributed by atoms with Crippen molar-refractivity contribution in [2.24, 2.45) is 0 Å². The molecule has 1 amide bonds. The highest BCUT2D eigenvalue weighted by Gasteiger charge is 2.37. The standard InChI is InChI=1S/C19H20N4O4S/c20-13-6-9-15-16(11-13)22-18(21-15)12-4-7-14(8-5-12)28(26,27)17-3-1-2-10-23(25)19(17)24/h4-9,11,17,25H,1-3,10,20H2,(H,21,22). The Bertz CT molecular complexity index is 1140. The maximum atomic E-state index is 12.9. The summed E-state index contributed by atoms with van der Waals surface area (Å²) in [5.74, 6) is -0.173. The van der Waals surface area contributed by atoms with Crippen molar-refractivity contribution in [3.8, 4) is 11.4 Å². The number of carbonyl (C=O) groups is 1. The zero-order chi connectivity index (χ0) is 19.9. The van der Waals surface area contributed by atoms with Crippen LogP contribution in [-0.2, 0) is 14.6 Å². The average molecular weight is 400 g/mol. The molecule has 8 nitrogen and oxygen atoms in total. The largest absolute Gasteiger partial charge is 0.399 e. The highest BCUT2D eigenvalue weighted by molar-refractivity contribution is 7.92. The SMILES string of the molecule is Nc1ccc2nc(-c3ccc(S(=O)(=O)C4CCCCN(O)C4=O)cc3)[nH]c2c1. The van der Waals surface area contributed by atoms with Crippen molar-refractivity contribution in [3.63, 3.8) is 0 Å². The number of aromatic amines is 1. The number of imidazole rings is 1. The van der Waals surface area contributed by atoms with Crippen LogP contribution in [0.2, 0.25) is 0 Å². The van der Waals surface area contributed by atoms with E-state index in [1.165, 1.54) is 12.1 Å². The molecule has 1 aliphatic rings. The maximum absolute atomic E-state index is 12.9. The lowest BCUT2D eigenvalue weighted by atomic mass is 10.2. The van der Waals surface area contributed by atoms with Crippen molar-refractivity contribution in [2.75, 3.05) is 12.3 Å². The number of aromatic nitrogens is 2. The number of rotatable bonds is 3. The summed E-state index contributed by atoms with van der Waals surface area (Å²) in [5, 5.41) is 8.97. The molecule has 1 saturated heterocycles. The minimum atomic E-state index is -3.90. The van der Waals surface area contributed by atoms with Gasteiger partial charge in [0, 0.05) is 17.8 Å². The number of hydroxylamine groups is 2. The zero-order valence-corrected chi connectivity index (χ0v) is 15.8. The number of nitrogen functional groups attached to an aromatic ring is 1. The van der Waals surface area contributed by atoms with Crippen LogP contribution in [0.5, 0.6) is 0 Å². The fraction of sp³-hybridized carbons (Fsp3) is 0.263. The van der Waals surface area contributed by atoms with E-state index in [0.29, 0.717) is 35.0 Å². The summed E-state index contributed by atoms with van der Waals surface area (Å²) in [7, 11) is -3.90. The highest BCUT2D eigenvalue weighted by atomic mass is 32.2. The van der Waals surface area contributed by atoms with Crippen molar-refractivity contribution in [1.29, 1.82) is 0 Å². The number of amides is 1. The second-order valence-corrected chi connectivity index (χ2v) is 9.01. The second kappa shape index (κ2) is 6.92. The van der Waals surface area contributed by atoms with Crippen LogP contribution < -0.4 is 5.73 Å². The molecule has 2 heterocycles. The normalized spacial score (nSPS) is 18.4. The molecule has 1 fully saturated rings. The topological polar surface area (TPSA) is 129 Å². The van der Waals surface area contributed by atoms with Crippen LogP contribution in [0.3, 0.4) is 0 Å². The van der Waals surface area contributed by atoms with E-state index in [4.69, 9.17) is 5.73 Å². The molecule has 0 bridgehead atoms. The third-order valence-corrected chi connectivity index (χ3v) is 7.07. The van der Waals surface area contributed by atoms with Gasteiger partial charge in [-0.1, -0.05) is 0 Å². The number of benzene rings is 2. The van der Waals surface area contributed by atoms with Gasteiger partial charge in [-0.25, -0.2) is 18.5 Å². The first-order valence-corrected chi connectivity index (χ1v) is 10.5. The van der Waals surface area contributed by atoms with E-state index in [1.54, 1.807) is 24.3 Å². The van der Waals surface area contributed by atoms with Crippen molar-refractivity contribution in [2.45, 2.75) is 29.4 Å². The molecule has 3 aromatic rings. The fourth-order valence-corrected chi connectivity index (χ4v) is 5.12. The molecule has 1 aromatic heterocycles. The Balaban J connectivity index is 1.65. The first-order chi connectivity index (χ1) is 13.4. The van der Waals surface area contributed by atoms with E-state index in [9.17, 15) is 18.4 Å². The van der Waals surface area contributed by atoms with Gasteiger partial charge < -0.3 is 10.7 Å². The summed E-state index contributed by atoms with van der Waals surface area (Å²) in [6.45, 7) is 0.153. The molecule has 28 heavy (non-hydrogen) atoms. The van der Waals surface area contributed by atoms with Gasteiger partial charge in [-0.2, -0.15) is 0 Å². The van der Waals surface area contributed by atoms with Gasteiger partial charge in [0.1, 0.15) is 11.1 Å². The highest BCUT2D eigenvalue weighted by Crippen LogP contribution is 2.27. The number of nitrogens with one attached hydrogen (secondary N) is 1. The summed E-state index contributed by atoms with van der Waals surface area (Å²) in [4.78, 5) is 19.9. The lowest BCUT2D eigenvalue weighted by Crippen LogP contribution is -2.39. The van der Waals surface area contributed by atoms with Crippen molar-refractivity contribution < 1.29 is 18.4 Å². The molecule has 0 saturated carbocycles. The van der Waals surface area contributed by atoms with Crippen molar-refractivity contribution in [1.82, 2.24) is 15.0 Å². The van der Waals surface area contributed by atoms with Crippen LogP contribution in [0.1, 0.15) is 19.3 Å². The minimum absolute atomic E-state index is 0.0465. The molecule has 1 aliphatic heterocycles. The summed E-state index contributed by atoms with van der Waals surface area (Å²) in [5.41, 5.74) is 8.66. The average Bonchev–Trinajstić information content (AvgIpc) is 3.02. The lowest BCUT2D eigenvalue weighted by Gasteiger charge is -2.18. The smallest absolute Gasteiger partial charge is 0.264 e. The van der Waals surface area contributed by atoms with Crippen LogP contribution in [-0.4, -0.2) is 46.4 Å². The van der Waals surface area contributed by atoms with Crippen LogP contribution >= 0.6 is 0 Å². The molecule has 9 heteroatoms. The zero-order valence-electron chi connectivity index (χ0n) is 15.0. The molecule has 0 radical (unpaired) electrons. The predicted octanol–water partition coefficient (Wildman–Crippen LogP) is 2.36. The van der Waals surface area contributed by atoms with E-state index < -0.39 is 21.0 Å². The van der Waals surface area contributed by atoms with Crippen LogP contribution in [0.4, 0.5) is 5.69 Å². The molecular formula is C19H20N4O4S. The number of hydrogen-bond acceptors (Lipinski definition) is 6. The summed E-state index contributed by atoms with van der Waals surface area (Å²) < 4.78 is 25.9. The van der Waals surface area contributed by atoms with Gasteiger partial charge >= 0.3 is 0 Å². The Kier molecular flexibility index (Phi) is 4.56. The summed E-state index contributed by atoms with van der Waals surface area (Å²) in [6.07, 6.45) is 1.33. The van der Waals surface area contributed by atoms with Gasteiger partial charge in [-0.05, 0) is 61.7 Å². The maximum Gasteiger partial charge on any atom is 0.264 e. The molecular weight excluding hydrogens is 380 g/mol. The third-order valence-electron chi connectivity index (χ3n) is 4.95. The number of anilines is 1. The van der Waals surface area contributed by atoms with Gasteiger partial charge in [-0.15, -0.1) is 0 Å². The molecule has 146 valence electrons. The Morgan fingerprint density at radius 3 is 2.64 bits per heavy atom. The molecule has 2 aromatic carbocycles. The molecule has 4 N–H and O–H groups in total. The monoisotopic (exact) mass is 400 g/mol. The number of nitrogens with two attached hydrogens (primary N) is 1.